The van der Waals surface area contributed by atoms with Crippen molar-refractivity contribution in [1.29, 1.82) is 0 Å². The highest BCUT2D eigenvalue weighted by Gasteiger charge is 2.82. The zero-order valence-electron chi connectivity index (χ0n) is 12.7. The third kappa shape index (κ3) is 4.45. The largest absolute Gasteiger partial charge is 0.742 e. The molecule has 0 saturated heterocycles. The zero-order valence-corrected chi connectivity index (χ0v) is 20.8. The Morgan fingerprint density at radius 2 is 1.41 bits per heavy atom. The number of sulfonamides is 1. The number of nitrogens with zero attached hydrogens (tertiary/aromatic N) is 1. The number of hydrogen-bond donors (Lipinski definition) is 1. The molecule has 19 heteroatoms. The van der Waals surface area contributed by atoms with Crippen LogP contribution < -0.4 is 0 Å². The molecular weight excluding hydrogens is 805 g/mol. The van der Waals surface area contributed by atoms with Gasteiger partial charge < -0.3 is 9.68 Å². The number of rotatable bonds is 6. The number of halogens is 9. The first-order chi connectivity index (χ1) is 12.6. The van der Waals surface area contributed by atoms with Crippen LogP contribution in [0.3, 0.4) is 0 Å². The molecule has 0 atom stereocenters. The summed E-state index contributed by atoms with van der Waals surface area (Å²) in [5.74, 6) is -9.65. The van der Waals surface area contributed by atoms with E-state index in [9.17, 15) is 53.2 Å². The van der Waals surface area contributed by atoms with Crippen LogP contribution in [0.25, 0.3) is 0 Å². The summed E-state index contributed by atoms with van der Waals surface area (Å²) in [6.07, 6.45) is 0. The van der Waals surface area contributed by atoms with Gasteiger partial charge in [0.15, 0.2) is 0 Å². The maximum absolute atomic E-state index is 13.8. The monoisotopic (exact) mass is 808 g/mol. The van der Waals surface area contributed by atoms with Gasteiger partial charge in [-0.15, -0.1) is 0 Å². The fraction of sp³-hybridized carbons (Fsp3) is 0.300. The van der Waals surface area contributed by atoms with Gasteiger partial charge in [0.1, 0.15) is 0 Å². The van der Waals surface area contributed by atoms with Crippen molar-refractivity contribution in [2.45, 2.75) is 16.4 Å². The molecule has 0 heterocycles. The highest BCUT2D eigenvalue weighted by Crippen LogP contribution is 2.51. The lowest BCUT2D eigenvalue weighted by Gasteiger charge is -2.36. The van der Waals surface area contributed by atoms with Crippen LogP contribution in [0.5, 0.6) is 0 Å². The molecule has 0 fully saturated rings. The summed E-state index contributed by atoms with van der Waals surface area (Å²) >= 11 is 4.59. The van der Waals surface area contributed by atoms with Crippen LogP contribution in [0.4, 0.5) is 26.3 Å². The second-order valence-corrected chi connectivity index (χ2v) is 11.6. The Balaban J connectivity index is 3.60. The quantitative estimate of drug-likeness (QED) is 0.153. The molecule has 1 N–H and O–H groups in total. The van der Waals surface area contributed by atoms with Gasteiger partial charge >= 0.3 is 36.6 Å². The highest BCUT2D eigenvalue weighted by molar-refractivity contribution is 14.1. The third-order valence-corrected chi connectivity index (χ3v) is 9.07. The lowest BCUT2D eigenvalue weighted by Crippen LogP contribution is -2.63. The summed E-state index contributed by atoms with van der Waals surface area (Å²) in [5, 5.41) is -2.42. The van der Waals surface area contributed by atoms with Crippen molar-refractivity contribution >= 4 is 93.8 Å². The highest BCUT2D eigenvalue weighted by atomic mass is 127. The molecule has 166 valence electrons. The Hall–Kier alpha value is 0.280. The van der Waals surface area contributed by atoms with Crippen molar-refractivity contribution < 1.29 is 52.5 Å². The van der Waals surface area contributed by atoms with Crippen LogP contribution >= 0.6 is 67.8 Å². The molecule has 0 aliphatic carbocycles. The molecule has 1 rings (SSSR count). The van der Waals surface area contributed by atoms with Gasteiger partial charge in [0.25, 0.3) is 5.91 Å². The Bertz CT molecular complexity index is 1060. The van der Waals surface area contributed by atoms with Crippen molar-refractivity contribution in [3.8, 4) is 0 Å². The Kier molecular flexibility index (Phi) is 7.84. The second kappa shape index (κ2) is 8.32. The fourth-order valence-electron chi connectivity index (χ4n) is 1.52. The first kappa shape index (κ1) is 27.3. The topological polar surface area (TPSA) is 132 Å². The van der Waals surface area contributed by atoms with Gasteiger partial charge in [-0.3, -0.25) is 9.35 Å². The van der Waals surface area contributed by atoms with E-state index >= 15 is 0 Å². The second-order valence-electron chi connectivity index (χ2n) is 4.87. The van der Waals surface area contributed by atoms with Crippen molar-refractivity contribution in [3.05, 3.63) is 33.6 Å². The lowest BCUT2D eigenvalue weighted by molar-refractivity contribution is -0.246. The number of amides is 1. The molecule has 1 aromatic carbocycles. The minimum Gasteiger partial charge on any atom is -0.742 e. The Morgan fingerprint density at radius 3 is 1.83 bits per heavy atom. The Labute approximate surface area is 199 Å². The van der Waals surface area contributed by atoms with Crippen LogP contribution in [0, 0.1) is 15.9 Å². The minimum absolute atomic E-state index is 0.150. The number of hydrogen-bond acceptors (Lipinski definition) is 6. The van der Waals surface area contributed by atoms with Crippen LogP contribution in [-0.4, -0.2) is 48.2 Å². The van der Waals surface area contributed by atoms with E-state index in [1.807, 2.05) is 0 Å². The number of benzene rings is 1. The molecule has 8 nitrogen and oxygen atoms in total. The average Bonchev–Trinajstić information content (AvgIpc) is 2.55. The number of carbonyl (C=O) groups is 1. The van der Waals surface area contributed by atoms with Gasteiger partial charge in [0, 0.05) is 10.7 Å². The van der Waals surface area contributed by atoms with Gasteiger partial charge in [-0.25, -0.2) is 8.42 Å². The van der Waals surface area contributed by atoms with Crippen LogP contribution in [0.1, 0.15) is 10.4 Å². The predicted molar refractivity (Wildman–Crippen MR) is 109 cm³/mol. The first-order valence-electron chi connectivity index (χ1n) is 6.16. The van der Waals surface area contributed by atoms with E-state index in [-0.39, 0.29) is 10.7 Å². The summed E-state index contributed by atoms with van der Waals surface area (Å²) in [6.45, 7) is 0. The summed E-state index contributed by atoms with van der Waals surface area (Å²) in [4.78, 5) is 12.0. The van der Waals surface area contributed by atoms with Crippen LogP contribution in [-0.2, 0) is 20.1 Å². The predicted octanol–water partition coefficient (Wildman–Crippen LogP) is 3.48. The number of carbonyl (C=O) groups excluding carboxylic acids is 1. The van der Waals surface area contributed by atoms with Crippen LogP contribution in [0.15, 0.2) is 12.1 Å². The van der Waals surface area contributed by atoms with E-state index in [0.29, 0.717) is 0 Å². The van der Waals surface area contributed by atoms with Gasteiger partial charge in [0.05, 0.1) is 5.56 Å². The van der Waals surface area contributed by atoms with Crippen molar-refractivity contribution in [2.75, 3.05) is 0 Å². The van der Waals surface area contributed by atoms with Crippen molar-refractivity contribution in [1.82, 2.24) is 4.47 Å². The Morgan fingerprint density at radius 1 is 0.966 bits per heavy atom. The van der Waals surface area contributed by atoms with Gasteiger partial charge in [0.2, 0.25) is 0 Å². The maximum Gasteiger partial charge on any atom is 0.439 e. The SMILES string of the molecule is O=C(c1cc(I)cc(I)c1I)N([O-])S(=O)(=O)C(F)(F)C(F)(F)C(F)(F)S(=O)(=O)O. The summed E-state index contributed by atoms with van der Waals surface area (Å²) < 4.78 is 131. The molecule has 0 saturated carbocycles. The third-order valence-electron chi connectivity index (χ3n) is 2.99. The first-order valence-corrected chi connectivity index (χ1v) is 12.3. The van der Waals surface area contributed by atoms with E-state index in [2.05, 4.69) is 0 Å². The lowest BCUT2D eigenvalue weighted by atomic mass is 10.2. The summed E-state index contributed by atoms with van der Waals surface area (Å²) in [5.41, 5.74) is -0.832. The molecule has 0 aliphatic heterocycles. The molecule has 0 radical (unpaired) electrons. The zero-order chi connectivity index (χ0) is 23.4. The molecular formula is C10H3F6I3NO7S2-. The van der Waals surface area contributed by atoms with Gasteiger partial charge in [-0.1, -0.05) is 0 Å². The van der Waals surface area contributed by atoms with E-state index in [4.69, 9.17) is 4.55 Å². The molecule has 0 spiro atoms. The fourth-order valence-corrected chi connectivity index (χ4v) is 5.40. The number of alkyl halides is 6. The average molecular weight is 808 g/mol. The standard InChI is InChI=1S/C10H3F6I3NO7S2/c11-8(12,10(15,16)29(25,26)27)9(13,14)28(23,24)20(22)7(21)4-1-3(17)2-5(18)6(4)19/h1-2H,(H,25,26,27)/q-1. The van der Waals surface area contributed by atoms with Gasteiger partial charge in [-0.2, -0.15) is 34.8 Å². The maximum atomic E-state index is 13.8. The summed E-state index contributed by atoms with van der Waals surface area (Å²) in [7, 11) is -14.7. The van der Waals surface area contributed by atoms with E-state index in [0.717, 1.165) is 6.07 Å². The molecule has 0 aromatic heterocycles. The van der Waals surface area contributed by atoms with E-state index in [1.54, 1.807) is 45.2 Å². The molecule has 29 heavy (non-hydrogen) atoms. The van der Waals surface area contributed by atoms with Crippen molar-refractivity contribution in [3.63, 3.8) is 0 Å². The summed E-state index contributed by atoms with van der Waals surface area (Å²) in [6, 6.07) is 2.23. The normalized spacial score (nSPS) is 14.0. The van der Waals surface area contributed by atoms with E-state index in [1.165, 1.54) is 28.7 Å². The smallest absolute Gasteiger partial charge is 0.439 e. The van der Waals surface area contributed by atoms with E-state index < -0.39 is 52.5 Å². The molecule has 1 aromatic rings. The minimum atomic E-state index is -7.45. The molecule has 1 amide bonds. The van der Waals surface area contributed by atoms with Crippen LogP contribution in [0.2, 0.25) is 0 Å². The number of hydroxylamine groups is 1. The molecule has 0 bridgehead atoms. The molecule has 0 aliphatic rings. The molecule has 0 unspecified atom stereocenters. The van der Waals surface area contributed by atoms with Gasteiger partial charge in [-0.05, 0) is 79.9 Å². The van der Waals surface area contributed by atoms with Crippen molar-refractivity contribution in [2.24, 2.45) is 0 Å².